The van der Waals surface area contributed by atoms with Crippen molar-refractivity contribution >= 4 is 46.4 Å². The summed E-state index contributed by atoms with van der Waals surface area (Å²) in [6.07, 6.45) is 0. The summed E-state index contributed by atoms with van der Waals surface area (Å²) in [5.74, 6) is 1.27. The molecule has 3 aromatic carbocycles. The van der Waals surface area contributed by atoms with Crippen LogP contribution < -0.4 is 15.8 Å². The first kappa shape index (κ1) is 19.1. The van der Waals surface area contributed by atoms with E-state index in [1.807, 2.05) is 43.3 Å². The van der Waals surface area contributed by atoms with Gasteiger partial charge in [0.05, 0.1) is 13.7 Å². The molecule has 0 unspecified atom stereocenters. The van der Waals surface area contributed by atoms with Crippen LogP contribution in [0, 0.1) is 6.92 Å². The predicted molar refractivity (Wildman–Crippen MR) is 116 cm³/mol. The van der Waals surface area contributed by atoms with E-state index in [1.54, 1.807) is 7.11 Å². The van der Waals surface area contributed by atoms with Gasteiger partial charge in [-0.3, -0.25) is 0 Å². The lowest BCUT2D eigenvalue weighted by molar-refractivity contribution is 0.415. The van der Waals surface area contributed by atoms with Crippen molar-refractivity contribution < 1.29 is 4.74 Å². The van der Waals surface area contributed by atoms with Crippen molar-refractivity contribution in [1.82, 2.24) is 0 Å². The largest absolute Gasteiger partial charge is 0.497 e. The minimum atomic E-state index is 0. The third-order valence-corrected chi connectivity index (χ3v) is 3.83. The number of hydrogen-bond donors (Lipinski definition) is 2. The Morgan fingerprint density at radius 2 is 1.80 bits per heavy atom. The first-order chi connectivity index (χ1) is 11.6. The molecule has 0 aromatic heterocycles. The van der Waals surface area contributed by atoms with Gasteiger partial charge in [-0.1, -0.05) is 30.3 Å². The molecule has 4 nitrogen and oxygen atoms in total. The van der Waals surface area contributed by atoms with Crippen LogP contribution in [0.4, 0.5) is 5.69 Å². The number of aliphatic imine (C=N–C) groups is 1. The number of halogens is 1. The second-order valence-corrected chi connectivity index (χ2v) is 5.74. The molecule has 0 bridgehead atoms. The number of anilines is 1. The molecule has 3 aromatic rings. The number of guanidine groups is 1. The fourth-order valence-electron chi connectivity index (χ4n) is 2.59. The summed E-state index contributed by atoms with van der Waals surface area (Å²) in [5, 5.41) is 5.42. The van der Waals surface area contributed by atoms with Crippen molar-refractivity contribution in [2.24, 2.45) is 10.7 Å². The summed E-state index contributed by atoms with van der Waals surface area (Å²) < 4.78 is 5.25. The lowest BCUT2D eigenvalue weighted by Crippen LogP contribution is -2.22. The number of nitrogens with one attached hydrogen (secondary N) is 1. The van der Waals surface area contributed by atoms with E-state index in [1.165, 1.54) is 5.56 Å². The van der Waals surface area contributed by atoms with Gasteiger partial charge in [0, 0.05) is 5.69 Å². The average molecular weight is 447 g/mol. The number of nitrogens with zero attached hydrogens (tertiary/aromatic N) is 1. The Hall–Kier alpha value is -2.28. The van der Waals surface area contributed by atoms with Crippen molar-refractivity contribution in [3.8, 4) is 5.75 Å². The third-order valence-electron chi connectivity index (χ3n) is 3.83. The quantitative estimate of drug-likeness (QED) is 0.346. The van der Waals surface area contributed by atoms with Gasteiger partial charge < -0.3 is 15.8 Å². The Labute approximate surface area is 165 Å². The van der Waals surface area contributed by atoms with Gasteiger partial charge >= 0.3 is 0 Å². The van der Waals surface area contributed by atoms with Gasteiger partial charge in [0.15, 0.2) is 5.96 Å². The number of ether oxygens (including phenoxy) is 1. The van der Waals surface area contributed by atoms with Crippen LogP contribution in [-0.4, -0.2) is 13.1 Å². The van der Waals surface area contributed by atoms with Gasteiger partial charge in [-0.2, -0.15) is 0 Å². The van der Waals surface area contributed by atoms with Crippen LogP contribution in [0.5, 0.6) is 5.75 Å². The van der Waals surface area contributed by atoms with Crippen LogP contribution in [0.2, 0.25) is 0 Å². The minimum absolute atomic E-state index is 0. The molecule has 0 atom stereocenters. The molecule has 0 heterocycles. The number of hydrogen-bond acceptors (Lipinski definition) is 2. The molecule has 0 saturated carbocycles. The van der Waals surface area contributed by atoms with Crippen LogP contribution in [0.25, 0.3) is 10.8 Å². The molecular formula is C20H22IN3O. The number of nitrogens with two attached hydrogens (primary N) is 1. The zero-order valence-corrected chi connectivity index (χ0v) is 16.7. The lowest BCUT2D eigenvalue weighted by atomic mass is 10.1. The maximum atomic E-state index is 5.98. The monoisotopic (exact) mass is 447 g/mol. The van der Waals surface area contributed by atoms with Crippen molar-refractivity contribution in [1.29, 1.82) is 0 Å². The Morgan fingerprint density at radius 3 is 2.56 bits per heavy atom. The van der Waals surface area contributed by atoms with Gasteiger partial charge in [0.25, 0.3) is 0 Å². The summed E-state index contributed by atoms with van der Waals surface area (Å²) in [4.78, 5) is 4.42. The number of aryl methyl sites for hydroxylation is 1. The van der Waals surface area contributed by atoms with Crippen LogP contribution >= 0.6 is 24.0 Å². The minimum Gasteiger partial charge on any atom is -0.497 e. The highest BCUT2D eigenvalue weighted by Gasteiger charge is 2.00. The Kier molecular flexibility index (Phi) is 6.64. The number of methoxy groups -OCH3 is 1. The molecule has 0 aliphatic heterocycles. The van der Waals surface area contributed by atoms with E-state index in [0.717, 1.165) is 27.8 Å². The zero-order valence-electron chi connectivity index (χ0n) is 14.3. The standard InChI is InChI=1S/C20H21N3O.HI/c1-14-4-3-5-18(10-14)23-20(21)22-13-15-6-7-17-12-19(24-2)9-8-16(17)11-15;/h3-12H,13H2,1-2H3,(H3,21,22,23);1H. The maximum Gasteiger partial charge on any atom is 0.193 e. The summed E-state index contributed by atoms with van der Waals surface area (Å²) in [7, 11) is 1.67. The Balaban J connectivity index is 0.00000225. The van der Waals surface area contributed by atoms with Crippen LogP contribution in [-0.2, 0) is 6.54 Å². The van der Waals surface area contributed by atoms with E-state index in [0.29, 0.717) is 12.5 Å². The zero-order chi connectivity index (χ0) is 16.9. The lowest BCUT2D eigenvalue weighted by Gasteiger charge is -2.07. The molecule has 0 saturated heterocycles. The smallest absolute Gasteiger partial charge is 0.193 e. The van der Waals surface area contributed by atoms with E-state index in [-0.39, 0.29) is 24.0 Å². The SMILES string of the molecule is COc1ccc2cc(CN=C(N)Nc3cccc(C)c3)ccc2c1.I. The predicted octanol–water partition coefficient (Wildman–Crippen LogP) is 4.70. The fourth-order valence-corrected chi connectivity index (χ4v) is 2.59. The van der Waals surface area contributed by atoms with Crippen LogP contribution in [0.15, 0.2) is 65.7 Å². The third kappa shape index (κ3) is 5.09. The van der Waals surface area contributed by atoms with E-state index in [2.05, 4.69) is 34.6 Å². The fraction of sp³-hybridized carbons (Fsp3) is 0.150. The first-order valence-electron chi connectivity index (χ1n) is 7.84. The second-order valence-electron chi connectivity index (χ2n) is 5.74. The van der Waals surface area contributed by atoms with E-state index in [4.69, 9.17) is 10.5 Å². The Bertz CT molecular complexity index is 893. The highest BCUT2D eigenvalue weighted by molar-refractivity contribution is 14.0. The van der Waals surface area contributed by atoms with E-state index >= 15 is 0 Å². The highest BCUT2D eigenvalue weighted by Crippen LogP contribution is 2.22. The molecule has 5 heteroatoms. The molecule has 0 spiro atoms. The highest BCUT2D eigenvalue weighted by atomic mass is 127. The summed E-state index contributed by atoms with van der Waals surface area (Å²) in [6.45, 7) is 2.58. The van der Waals surface area contributed by atoms with Gasteiger partial charge in [-0.15, -0.1) is 24.0 Å². The van der Waals surface area contributed by atoms with Crippen LogP contribution in [0.1, 0.15) is 11.1 Å². The number of fused-ring (bicyclic) bond motifs is 1. The molecule has 0 amide bonds. The number of rotatable bonds is 4. The van der Waals surface area contributed by atoms with Gasteiger partial charge in [-0.25, -0.2) is 4.99 Å². The molecule has 25 heavy (non-hydrogen) atoms. The van der Waals surface area contributed by atoms with Crippen molar-refractivity contribution in [3.63, 3.8) is 0 Å². The van der Waals surface area contributed by atoms with Crippen molar-refractivity contribution in [2.45, 2.75) is 13.5 Å². The average Bonchev–Trinajstić information content (AvgIpc) is 2.59. The molecule has 0 fully saturated rings. The molecule has 130 valence electrons. The molecule has 0 radical (unpaired) electrons. The van der Waals surface area contributed by atoms with Gasteiger partial charge in [0.2, 0.25) is 0 Å². The van der Waals surface area contributed by atoms with Crippen molar-refractivity contribution in [2.75, 3.05) is 12.4 Å². The number of benzene rings is 3. The molecule has 3 N–H and O–H groups in total. The second kappa shape index (κ2) is 8.71. The molecule has 0 aliphatic carbocycles. The van der Waals surface area contributed by atoms with Crippen molar-refractivity contribution in [3.05, 3.63) is 71.8 Å². The van der Waals surface area contributed by atoms with E-state index in [9.17, 15) is 0 Å². The van der Waals surface area contributed by atoms with Crippen LogP contribution in [0.3, 0.4) is 0 Å². The first-order valence-corrected chi connectivity index (χ1v) is 7.84. The summed E-state index contributed by atoms with van der Waals surface area (Å²) >= 11 is 0. The summed E-state index contributed by atoms with van der Waals surface area (Å²) in [6, 6.07) is 20.3. The molecule has 3 rings (SSSR count). The molecular weight excluding hydrogens is 425 g/mol. The van der Waals surface area contributed by atoms with E-state index < -0.39 is 0 Å². The molecule has 0 aliphatic rings. The normalized spacial score (nSPS) is 11.0. The van der Waals surface area contributed by atoms with Gasteiger partial charge in [-0.05, 0) is 59.2 Å². The Morgan fingerprint density at radius 1 is 1.04 bits per heavy atom. The van der Waals surface area contributed by atoms with Gasteiger partial charge in [0.1, 0.15) is 5.75 Å². The topological polar surface area (TPSA) is 59.6 Å². The summed E-state index contributed by atoms with van der Waals surface area (Å²) in [5.41, 5.74) is 9.21. The maximum absolute atomic E-state index is 5.98.